The number of carbonyl (C=O) groups is 1. The van der Waals surface area contributed by atoms with Crippen molar-refractivity contribution in [2.45, 2.75) is 26.6 Å². The molecular weight excluding hydrogens is 472 g/mol. The van der Waals surface area contributed by atoms with Gasteiger partial charge in [0.1, 0.15) is 12.4 Å². The highest BCUT2D eigenvalue weighted by atomic mass is 32.1. The summed E-state index contributed by atoms with van der Waals surface area (Å²) in [7, 11) is 1.59. The molecule has 7 heteroatoms. The number of aromatic nitrogens is 1. The molecule has 0 saturated heterocycles. The number of benzene rings is 3. The van der Waals surface area contributed by atoms with E-state index in [-0.39, 0.29) is 12.0 Å². The van der Waals surface area contributed by atoms with Crippen LogP contribution in [0.2, 0.25) is 0 Å². The summed E-state index contributed by atoms with van der Waals surface area (Å²) in [5.41, 5.74) is 3.64. The molecule has 4 rings (SSSR count). The molecule has 0 atom stereocenters. The lowest BCUT2D eigenvalue weighted by Gasteiger charge is -2.11. The average Bonchev–Trinajstić information content (AvgIpc) is 3.35. The van der Waals surface area contributed by atoms with E-state index in [9.17, 15) is 4.79 Å². The molecule has 0 bridgehead atoms. The molecule has 1 aromatic heterocycles. The fraction of sp³-hybridized carbons (Fsp3) is 0.172. The van der Waals surface area contributed by atoms with Crippen molar-refractivity contribution < 1.29 is 19.0 Å². The number of hydrogen-bond acceptors (Lipinski definition) is 6. The predicted octanol–water partition coefficient (Wildman–Crippen LogP) is 6.84. The number of carbonyl (C=O) groups excluding carboxylic acids is 1. The molecule has 1 amide bonds. The van der Waals surface area contributed by atoms with Crippen LogP contribution in [0, 0.1) is 0 Å². The molecule has 6 nitrogen and oxygen atoms in total. The lowest BCUT2D eigenvalue weighted by Crippen LogP contribution is -2.07. The Balaban J connectivity index is 1.34. The molecule has 0 fully saturated rings. The number of amides is 1. The number of thiazole rings is 1. The van der Waals surface area contributed by atoms with Crippen LogP contribution in [-0.4, -0.2) is 24.1 Å². The molecule has 36 heavy (non-hydrogen) atoms. The Bertz CT molecular complexity index is 1310. The van der Waals surface area contributed by atoms with Crippen molar-refractivity contribution in [2.24, 2.45) is 0 Å². The van der Waals surface area contributed by atoms with Gasteiger partial charge in [0.15, 0.2) is 16.6 Å². The molecular formula is C29H28N2O4S. The van der Waals surface area contributed by atoms with Crippen LogP contribution in [0.1, 0.15) is 25.0 Å². The minimum absolute atomic E-state index is 0.122. The van der Waals surface area contributed by atoms with Crippen molar-refractivity contribution in [3.63, 3.8) is 0 Å². The molecule has 3 aromatic carbocycles. The van der Waals surface area contributed by atoms with E-state index in [0.29, 0.717) is 23.2 Å². The number of hydrogen-bond donors (Lipinski definition) is 1. The second-order valence-electron chi connectivity index (χ2n) is 8.24. The maximum atomic E-state index is 12.5. The highest BCUT2D eigenvalue weighted by Crippen LogP contribution is 2.30. The highest BCUT2D eigenvalue weighted by Gasteiger charge is 2.09. The maximum Gasteiger partial charge on any atom is 0.250 e. The second-order valence-corrected chi connectivity index (χ2v) is 9.09. The third kappa shape index (κ3) is 6.96. The Labute approximate surface area is 215 Å². The van der Waals surface area contributed by atoms with Crippen LogP contribution in [0.15, 0.2) is 84.3 Å². The third-order valence-electron chi connectivity index (χ3n) is 5.11. The second kappa shape index (κ2) is 12.0. The zero-order valence-electron chi connectivity index (χ0n) is 20.4. The lowest BCUT2D eigenvalue weighted by atomic mass is 10.2. The third-order valence-corrected chi connectivity index (χ3v) is 5.87. The van der Waals surface area contributed by atoms with Crippen molar-refractivity contribution in [1.82, 2.24) is 4.98 Å². The lowest BCUT2D eigenvalue weighted by molar-refractivity contribution is -0.111. The zero-order chi connectivity index (χ0) is 25.3. The Morgan fingerprint density at radius 2 is 1.81 bits per heavy atom. The first-order valence-electron chi connectivity index (χ1n) is 11.6. The van der Waals surface area contributed by atoms with Gasteiger partial charge in [-0.15, -0.1) is 11.3 Å². The van der Waals surface area contributed by atoms with Gasteiger partial charge >= 0.3 is 0 Å². The quantitative estimate of drug-likeness (QED) is 0.242. The van der Waals surface area contributed by atoms with Gasteiger partial charge < -0.3 is 14.2 Å². The van der Waals surface area contributed by atoms with Gasteiger partial charge in [0.2, 0.25) is 5.91 Å². The van der Waals surface area contributed by atoms with Gasteiger partial charge in [0.25, 0.3) is 0 Å². The van der Waals surface area contributed by atoms with E-state index in [1.54, 1.807) is 13.2 Å². The van der Waals surface area contributed by atoms with Crippen LogP contribution in [-0.2, 0) is 11.4 Å². The summed E-state index contributed by atoms with van der Waals surface area (Å²) in [6.45, 7) is 4.43. The largest absolute Gasteiger partial charge is 0.493 e. The van der Waals surface area contributed by atoms with Gasteiger partial charge in [-0.2, -0.15) is 0 Å². The number of nitrogens with one attached hydrogen (secondary N) is 1. The van der Waals surface area contributed by atoms with Crippen LogP contribution in [0.4, 0.5) is 5.13 Å². The molecule has 0 aliphatic rings. The summed E-state index contributed by atoms with van der Waals surface area (Å²) in [6, 6.07) is 23.2. The summed E-state index contributed by atoms with van der Waals surface area (Å²) in [4.78, 5) is 17.0. The Morgan fingerprint density at radius 3 is 2.53 bits per heavy atom. The van der Waals surface area contributed by atoms with Crippen molar-refractivity contribution in [2.75, 3.05) is 12.4 Å². The number of nitrogens with zero attached hydrogens (tertiary/aromatic N) is 1. The van der Waals surface area contributed by atoms with Crippen molar-refractivity contribution in [1.29, 1.82) is 0 Å². The van der Waals surface area contributed by atoms with Gasteiger partial charge in [-0.05, 0) is 67.4 Å². The molecule has 1 heterocycles. The van der Waals surface area contributed by atoms with E-state index >= 15 is 0 Å². The molecule has 0 aliphatic carbocycles. The van der Waals surface area contributed by atoms with Crippen molar-refractivity contribution >= 4 is 28.5 Å². The molecule has 0 spiro atoms. The van der Waals surface area contributed by atoms with Gasteiger partial charge in [-0.1, -0.05) is 36.4 Å². The van der Waals surface area contributed by atoms with Crippen LogP contribution >= 0.6 is 11.3 Å². The van der Waals surface area contributed by atoms with E-state index < -0.39 is 0 Å². The maximum absolute atomic E-state index is 12.5. The van der Waals surface area contributed by atoms with Gasteiger partial charge in [-0.3, -0.25) is 10.1 Å². The van der Waals surface area contributed by atoms with E-state index in [1.165, 1.54) is 17.4 Å². The number of anilines is 1. The summed E-state index contributed by atoms with van der Waals surface area (Å²) in [5.74, 6) is 1.79. The SMILES string of the molecule is COc1cc(C=CC(=O)Nc2nc(-c3ccc(OC(C)C)cc3)cs2)ccc1OCc1ccccc1. The molecule has 0 saturated carbocycles. The normalized spacial score (nSPS) is 11.0. The minimum Gasteiger partial charge on any atom is -0.493 e. The van der Waals surface area contributed by atoms with Crippen LogP contribution < -0.4 is 19.5 Å². The Kier molecular flexibility index (Phi) is 8.36. The Morgan fingerprint density at radius 1 is 1.03 bits per heavy atom. The molecule has 0 unspecified atom stereocenters. The first-order chi connectivity index (χ1) is 17.5. The summed E-state index contributed by atoms with van der Waals surface area (Å²) in [6.07, 6.45) is 3.32. The summed E-state index contributed by atoms with van der Waals surface area (Å²) < 4.78 is 17.0. The molecule has 0 radical (unpaired) electrons. The number of methoxy groups -OCH3 is 1. The van der Waals surface area contributed by atoms with Gasteiger partial charge in [-0.25, -0.2) is 4.98 Å². The molecule has 1 N–H and O–H groups in total. The monoisotopic (exact) mass is 500 g/mol. The van der Waals surface area contributed by atoms with Crippen LogP contribution in [0.5, 0.6) is 17.2 Å². The van der Waals surface area contributed by atoms with E-state index in [1.807, 2.05) is 92.0 Å². The summed E-state index contributed by atoms with van der Waals surface area (Å²) in [5, 5.41) is 5.26. The zero-order valence-corrected chi connectivity index (χ0v) is 21.2. The topological polar surface area (TPSA) is 69.7 Å². The van der Waals surface area contributed by atoms with E-state index in [0.717, 1.165) is 28.1 Å². The fourth-order valence-electron chi connectivity index (χ4n) is 3.40. The van der Waals surface area contributed by atoms with Crippen LogP contribution in [0.25, 0.3) is 17.3 Å². The molecule has 4 aromatic rings. The number of rotatable bonds is 10. The van der Waals surface area contributed by atoms with Gasteiger partial charge in [0.05, 0.1) is 18.9 Å². The average molecular weight is 501 g/mol. The van der Waals surface area contributed by atoms with E-state index in [2.05, 4.69) is 10.3 Å². The number of ether oxygens (including phenoxy) is 3. The standard InChI is InChI=1S/C29H28N2O4S/c1-20(2)35-24-13-11-23(12-14-24)25-19-36-29(30-25)31-28(32)16-10-21-9-15-26(27(17-21)33-3)34-18-22-7-5-4-6-8-22/h4-17,19-20H,18H2,1-3H3,(H,30,31,32). The van der Waals surface area contributed by atoms with Gasteiger partial charge in [0, 0.05) is 17.0 Å². The minimum atomic E-state index is -0.264. The fourth-order valence-corrected chi connectivity index (χ4v) is 4.12. The van der Waals surface area contributed by atoms with Crippen LogP contribution in [0.3, 0.4) is 0 Å². The summed E-state index contributed by atoms with van der Waals surface area (Å²) >= 11 is 1.38. The first kappa shape index (κ1) is 25.0. The highest BCUT2D eigenvalue weighted by molar-refractivity contribution is 7.14. The molecule has 184 valence electrons. The van der Waals surface area contributed by atoms with Crippen molar-refractivity contribution in [3.05, 3.63) is 95.4 Å². The first-order valence-corrected chi connectivity index (χ1v) is 12.4. The van der Waals surface area contributed by atoms with E-state index in [4.69, 9.17) is 14.2 Å². The molecule has 0 aliphatic heterocycles. The smallest absolute Gasteiger partial charge is 0.250 e. The predicted molar refractivity (Wildman–Crippen MR) is 145 cm³/mol. The Hall–Kier alpha value is -4.10. The van der Waals surface area contributed by atoms with Crippen molar-refractivity contribution in [3.8, 4) is 28.5 Å².